The van der Waals surface area contributed by atoms with Gasteiger partial charge in [0.1, 0.15) is 0 Å². The second-order valence-electron chi connectivity index (χ2n) is 5.08. The highest BCUT2D eigenvalue weighted by Gasteiger charge is 2.23. The minimum atomic E-state index is 0.458. The van der Waals surface area contributed by atoms with Crippen LogP contribution in [0.15, 0.2) is 23.6 Å². The highest BCUT2D eigenvalue weighted by Crippen LogP contribution is 2.35. The summed E-state index contributed by atoms with van der Waals surface area (Å²) in [5, 5.41) is 6.05. The van der Waals surface area contributed by atoms with Gasteiger partial charge in [-0.1, -0.05) is 0 Å². The fraction of sp³-hybridized carbons (Fsp3) is 0.467. The SMILES string of the molecule is Cc1ccc(C(C)NC2CCCc3sccc32)s1. The monoisotopic (exact) mass is 277 g/mol. The number of nitrogens with one attached hydrogen (secondary N) is 1. The van der Waals surface area contributed by atoms with Gasteiger partial charge in [-0.3, -0.25) is 0 Å². The third-order valence-electron chi connectivity index (χ3n) is 3.69. The van der Waals surface area contributed by atoms with Crippen LogP contribution in [0.5, 0.6) is 0 Å². The molecule has 2 unspecified atom stereocenters. The topological polar surface area (TPSA) is 12.0 Å². The summed E-state index contributed by atoms with van der Waals surface area (Å²) in [6.07, 6.45) is 3.87. The number of thiophene rings is 2. The molecule has 18 heavy (non-hydrogen) atoms. The van der Waals surface area contributed by atoms with Crippen LogP contribution in [0.25, 0.3) is 0 Å². The average molecular weight is 277 g/mol. The van der Waals surface area contributed by atoms with Crippen LogP contribution in [0.2, 0.25) is 0 Å². The minimum Gasteiger partial charge on any atom is -0.303 e. The molecule has 0 saturated carbocycles. The van der Waals surface area contributed by atoms with Gasteiger partial charge in [0.2, 0.25) is 0 Å². The van der Waals surface area contributed by atoms with Gasteiger partial charge in [-0.2, -0.15) is 0 Å². The molecule has 2 aromatic rings. The zero-order valence-corrected chi connectivity index (χ0v) is 12.5. The maximum absolute atomic E-state index is 3.81. The second kappa shape index (κ2) is 5.16. The first-order chi connectivity index (χ1) is 8.74. The van der Waals surface area contributed by atoms with E-state index in [1.807, 2.05) is 22.7 Å². The predicted molar refractivity (Wildman–Crippen MR) is 80.6 cm³/mol. The van der Waals surface area contributed by atoms with Crippen LogP contribution < -0.4 is 5.32 Å². The molecule has 96 valence electrons. The Hall–Kier alpha value is -0.640. The van der Waals surface area contributed by atoms with E-state index in [2.05, 4.69) is 42.7 Å². The van der Waals surface area contributed by atoms with Crippen molar-refractivity contribution in [1.29, 1.82) is 0 Å². The zero-order valence-electron chi connectivity index (χ0n) is 10.9. The van der Waals surface area contributed by atoms with Gasteiger partial charge < -0.3 is 5.32 Å². The van der Waals surface area contributed by atoms with E-state index in [0.29, 0.717) is 12.1 Å². The van der Waals surface area contributed by atoms with Crippen molar-refractivity contribution in [2.45, 2.75) is 45.2 Å². The zero-order chi connectivity index (χ0) is 12.5. The van der Waals surface area contributed by atoms with E-state index < -0.39 is 0 Å². The molecule has 3 heteroatoms. The Morgan fingerprint density at radius 2 is 2.22 bits per heavy atom. The molecule has 3 rings (SSSR count). The van der Waals surface area contributed by atoms with Crippen LogP contribution >= 0.6 is 22.7 Å². The molecule has 2 atom stereocenters. The van der Waals surface area contributed by atoms with E-state index in [-0.39, 0.29) is 0 Å². The van der Waals surface area contributed by atoms with Gasteiger partial charge in [0.25, 0.3) is 0 Å². The molecule has 0 radical (unpaired) electrons. The van der Waals surface area contributed by atoms with Crippen molar-refractivity contribution < 1.29 is 0 Å². The lowest BCUT2D eigenvalue weighted by molar-refractivity contribution is 0.421. The third kappa shape index (κ3) is 2.40. The average Bonchev–Trinajstić information content (AvgIpc) is 2.97. The molecule has 1 nitrogen and oxygen atoms in total. The molecular weight excluding hydrogens is 258 g/mol. The summed E-state index contributed by atoms with van der Waals surface area (Å²) in [4.78, 5) is 4.45. The number of aryl methyl sites for hydroxylation is 2. The lowest BCUT2D eigenvalue weighted by Crippen LogP contribution is -2.26. The fourth-order valence-corrected chi connectivity index (χ4v) is 4.61. The minimum absolute atomic E-state index is 0.458. The molecule has 1 aliphatic rings. The quantitative estimate of drug-likeness (QED) is 0.846. The second-order valence-corrected chi connectivity index (χ2v) is 7.40. The van der Waals surface area contributed by atoms with E-state index >= 15 is 0 Å². The summed E-state index contributed by atoms with van der Waals surface area (Å²) in [7, 11) is 0. The molecule has 2 aromatic heterocycles. The van der Waals surface area contributed by atoms with Crippen molar-refractivity contribution in [3.8, 4) is 0 Å². The highest BCUT2D eigenvalue weighted by molar-refractivity contribution is 7.12. The summed E-state index contributed by atoms with van der Waals surface area (Å²) in [5.74, 6) is 0. The number of rotatable bonds is 3. The Morgan fingerprint density at radius 3 is 3.00 bits per heavy atom. The molecule has 0 spiro atoms. The first-order valence-corrected chi connectivity index (χ1v) is 8.32. The lowest BCUT2D eigenvalue weighted by atomic mass is 9.93. The predicted octanol–water partition coefficient (Wildman–Crippen LogP) is 4.85. The van der Waals surface area contributed by atoms with Gasteiger partial charge >= 0.3 is 0 Å². The van der Waals surface area contributed by atoms with Crippen LogP contribution in [0, 0.1) is 6.92 Å². The van der Waals surface area contributed by atoms with Crippen LogP contribution in [0.4, 0.5) is 0 Å². The molecule has 0 fully saturated rings. The smallest absolute Gasteiger partial charge is 0.0391 e. The van der Waals surface area contributed by atoms with E-state index in [0.717, 1.165) is 0 Å². The molecule has 1 aliphatic carbocycles. The van der Waals surface area contributed by atoms with Gasteiger partial charge in [0, 0.05) is 26.7 Å². The first-order valence-electron chi connectivity index (χ1n) is 6.62. The summed E-state index contributed by atoms with van der Waals surface area (Å²) in [5.41, 5.74) is 1.55. The Morgan fingerprint density at radius 1 is 1.33 bits per heavy atom. The van der Waals surface area contributed by atoms with Gasteiger partial charge in [-0.05, 0) is 62.3 Å². The molecule has 2 heterocycles. The Labute approximate surface area is 117 Å². The summed E-state index contributed by atoms with van der Waals surface area (Å²) < 4.78 is 0. The maximum atomic E-state index is 3.81. The van der Waals surface area contributed by atoms with Gasteiger partial charge in [0.05, 0.1) is 0 Å². The normalized spacial score (nSPS) is 20.7. The van der Waals surface area contributed by atoms with Crippen molar-refractivity contribution in [1.82, 2.24) is 5.32 Å². The molecule has 0 aliphatic heterocycles. The largest absolute Gasteiger partial charge is 0.303 e. The molecule has 0 amide bonds. The van der Waals surface area contributed by atoms with Crippen molar-refractivity contribution in [3.63, 3.8) is 0 Å². The molecule has 0 aromatic carbocycles. The fourth-order valence-electron chi connectivity index (χ4n) is 2.73. The third-order valence-corrected chi connectivity index (χ3v) is 5.87. The van der Waals surface area contributed by atoms with Crippen molar-refractivity contribution >= 4 is 22.7 Å². The van der Waals surface area contributed by atoms with Crippen LogP contribution in [-0.2, 0) is 6.42 Å². The molecule has 1 N–H and O–H groups in total. The molecular formula is C15H19NS2. The van der Waals surface area contributed by atoms with E-state index in [9.17, 15) is 0 Å². The summed E-state index contributed by atoms with van der Waals surface area (Å²) in [6, 6.07) is 7.80. The number of hydrogen-bond donors (Lipinski definition) is 1. The van der Waals surface area contributed by atoms with Crippen LogP contribution in [0.3, 0.4) is 0 Å². The summed E-state index contributed by atoms with van der Waals surface area (Å²) in [6.45, 7) is 4.46. The van der Waals surface area contributed by atoms with Crippen molar-refractivity contribution in [3.05, 3.63) is 43.8 Å². The van der Waals surface area contributed by atoms with Crippen molar-refractivity contribution in [2.24, 2.45) is 0 Å². The van der Waals surface area contributed by atoms with Crippen molar-refractivity contribution in [2.75, 3.05) is 0 Å². The summed E-state index contributed by atoms with van der Waals surface area (Å²) >= 11 is 3.83. The van der Waals surface area contributed by atoms with E-state index in [1.165, 1.54) is 29.0 Å². The Kier molecular flexibility index (Phi) is 3.55. The molecule has 0 saturated heterocycles. The lowest BCUT2D eigenvalue weighted by Gasteiger charge is -2.26. The number of fused-ring (bicyclic) bond motifs is 1. The van der Waals surface area contributed by atoms with Crippen LogP contribution in [-0.4, -0.2) is 0 Å². The van der Waals surface area contributed by atoms with E-state index in [1.54, 1.807) is 10.4 Å². The Balaban J connectivity index is 1.74. The highest BCUT2D eigenvalue weighted by atomic mass is 32.1. The van der Waals surface area contributed by atoms with Gasteiger partial charge in [-0.15, -0.1) is 22.7 Å². The van der Waals surface area contributed by atoms with Gasteiger partial charge in [0.15, 0.2) is 0 Å². The number of hydrogen-bond acceptors (Lipinski definition) is 3. The maximum Gasteiger partial charge on any atom is 0.0391 e. The van der Waals surface area contributed by atoms with Crippen LogP contribution in [0.1, 0.15) is 52.0 Å². The standard InChI is InChI=1S/C15H19NS2/c1-10-6-7-14(18-10)11(2)16-13-4-3-5-15-12(13)8-9-17-15/h6-9,11,13,16H,3-5H2,1-2H3. The first kappa shape index (κ1) is 12.4. The van der Waals surface area contributed by atoms with Gasteiger partial charge in [-0.25, -0.2) is 0 Å². The Bertz CT molecular complexity index is 526. The van der Waals surface area contributed by atoms with E-state index in [4.69, 9.17) is 0 Å². The molecule has 0 bridgehead atoms.